The summed E-state index contributed by atoms with van der Waals surface area (Å²) in [6.45, 7) is 12.3. The number of hydrogen-bond donors (Lipinski definition) is 1. The van der Waals surface area contributed by atoms with Gasteiger partial charge in [0, 0.05) is 23.7 Å². The van der Waals surface area contributed by atoms with Crippen molar-refractivity contribution in [3.8, 4) is 5.88 Å². The number of aromatic nitrogens is 1. The predicted octanol–water partition coefficient (Wildman–Crippen LogP) is 4.16. The van der Waals surface area contributed by atoms with Gasteiger partial charge in [0.15, 0.2) is 0 Å². The van der Waals surface area contributed by atoms with Crippen molar-refractivity contribution in [1.29, 1.82) is 0 Å². The molecule has 114 valence electrons. The lowest BCUT2D eigenvalue weighted by atomic mass is 10.1. The van der Waals surface area contributed by atoms with Crippen LogP contribution >= 0.6 is 0 Å². The number of pyridine rings is 1. The van der Waals surface area contributed by atoms with Crippen molar-refractivity contribution in [2.45, 2.75) is 46.7 Å². The molecule has 0 amide bonds. The fraction of sp³-hybridized carbons (Fsp3) is 0.500. The Morgan fingerprint density at radius 1 is 1.14 bits per heavy atom. The lowest BCUT2D eigenvalue weighted by molar-refractivity contribution is 0.264. The minimum Gasteiger partial charge on any atom is -0.477 e. The third-order valence-corrected chi connectivity index (χ3v) is 3.20. The Labute approximate surface area is 127 Å². The van der Waals surface area contributed by atoms with Crippen LogP contribution in [0.5, 0.6) is 5.88 Å². The standard InChI is InChI=1S/C18H26N2O/c1-13(2)12-21-17-16-9-7-6-8-15(16)14(10-19-17)11-20-18(3,4)5/h6-10,13,20H,11-12H2,1-5H3. The summed E-state index contributed by atoms with van der Waals surface area (Å²) in [4.78, 5) is 4.52. The molecule has 1 heterocycles. The second-order valence-electron chi connectivity index (χ2n) is 6.94. The molecule has 0 aliphatic heterocycles. The molecule has 0 radical (unpaired) electrons. The summed E-state index contributed by atoms with van der Waals surface area (Å²) < 4.78 is 5.85. The summed E-state index contributed by atoms with van der Waals surface area (Å²) in [7, 11) is 0. The van der Waals surface area contributed by atoms with Gasteiger partial charge in [0.05, 0.1) is 6.61 Å². The molecule has 0 unspecified atom stereocenters. The van der Waals surface area contributed by atoms with Crippen LogP contribution in [0.3, 0.4) is 0 Å². The number of rotatable bonds is 5. The average molecular weight is 286 g/mol. The van der Waals surface area contributed by atoms with Gasteiger partial charge >= 0.3 is 0 Å². The molecule has 3 heteroatoms. The highest BCUT2D eigenvalue weighted by atomic mass is 16.5. The van der Waals surface area contributed by atoms with E-state index in [1.807, 2.05) is 12.3 Å². The van der Waals surface area contributed by atoms with Crippen LogP contribution < -0.4 is 10.1 Å². The minimum atomic E-state index is 0.0912. The molecular formula is C18H26N2O. The van der Waals surface area contributed by atoms with Gasteiger partial charge in [0.2, 0.25) is 5.88 Å². The highest BCUT2D eigenvalue weighted by Crippen LogP contribution is 2.26. The molecule has 0 bridgehead atoms. The van der Waals surface area contributed by atoms with Crippen molar-refractivity contribution in [1.82, 2.24) is 10.3 Å². The number of benzene rings is 1. The second-order valence-corrected chi connectivity index (χ2v) is 6.94. The first-order valence-corrected chi connectivity index (χ1v) is 7.61. The van der Waals surface area contributed by atoms with E-state index in [4.69, 9.17) is 4.74 Å². The van der Waals surface area contributed by atoms with E-state index >= 15 is 0 Å². The number of nitrogens with zero attached hydrogens (tertiary/aromatic N) is 1. The summed E-state index contributed by atoms with van der Waals surface area (Å²) in [6, 6.07) is 8.32. The first kappa shape index (κ1) is 15.8. The van der Waals surface area contributed by atoms with Gasteiger partial charge in [-0.15, -0.1) is 0 Å². The van der Waals surface area contributed by atoms with Crippen LogP contribution in [0.2, 0.25) is 0 Å². The maximum absolute atomic E-state index is 5.85. The lowest BCUT2D eigenvalue weighted by Gasteiger charge is -2.21. The van der Waals surface area contributed by atoms with Gasteiger partial charge in [-0.05, 0) is 43.7 Å². The minimum absolute atomic E-state index is 0.0912. The average Bonchev–Trinajstić information content (AvgIpc) is 2.42. The van der Waals surface area contributed by atoms with Crippen molar-refractivity contribution in [2.75, 3.05) is 6.61 Å². The van der Waals surface area contributed by atoms with Crippen molar-refractivity contribution in [2.24, 2.45) is 5.92 Å². The Morgan fingerprint density at radius 2 is 1.81 bits per heavy atom. The molecule has 0 saturated heterocycles. The van der Waals surface area contributed by atoms with E-state index in [1.165, 1.54) is 10.9 Å². The van der Waals surface area contributed by atoms with Crippen LogP contribution in [0.25, 0.3) is 10.8 Å². The van der Waals surface area contributed by atoms with Crippen LogP contribution in [-0.4, -0.2) is 17.1 Å². The summed E-state index contributed by atoms with van der Waals surface area (Å²) in [6.07, 6.45) is 1.93. The Bertz CT molecular complexity index is 600. The molecule has 21 heavy (non-hydrogen) atoms. The second kappa shape index (κ2) is 6.44. The predicted molar refractivity (Wildman–Crippen MR) is 88.7 cm³/mol. The molecule has 0 saturated carbocycles. The van der Waals surface area contributed by atoms with E-state index in [-0.39, 0.29) is 5.54 Å². The van der Waals surface area contributed by atoms with Gasteiger partial charge < -0.3 is 10.1 Å². The molecular weight excluding hydrogens is 260 g/mol. The van der Waals surface area contributed by atoms with Gasteiger partial charge in [0.1, 0.15) is 0 Å². The Kier molecular flexibility index (Phi) is 4.84. The van der Waals surface area contributed by atoms with Gasteiger partial charge in [-0.25, -0.2) is 4.98 Å². The Morgan fingerprint density at radius 3 is 2.43 bits per heavy atom. The molecule has 3 nitrogen and oxygen atoms in total. The third kappa shape index (κ3) is 4.43. The fourth-order valence-corrected chi connectivity index (χ4v) is 2.09. The number of hydrogen-bond acceptors (Lipinski definition) is 3. The number of nitrogens with one attached hydrogen (secondary N) is 1. The highest BCUT2D eigenvalue weighted by Gasteiger charge is 2.12. The SMILES string of the molecule is CC(C)COc1ncc(CNC(C)(C)C)c2ccccc12. The highest BCUT2D eigenvalue weighted by molar-refractivity contribution is 5.89. The molecule has 0 atom stereocenters. The maximum Gasteiger partial charge on any atom is 0.221 e. The van der Waals surface area contributed by atoms with E-state index < -0.39 is 0 Å². The van der Waals surface area contributed by atoms with E-state index in [0.717, 1.165) is 17.8 Å². The van der Waals surface area contributed by atoms with Gasteiger partial charge in [-0.2, -0.15) is 0 Å². The molecule has 2 rings (SSSR count). The molecule has 2 aromatic rings. The number of fused-ring (bicyclic) bond motifs is 1. The van der Waals surface area contributed by atoms with Crippen LogP contribution in [0.1, 0.15) is 40.2 Å². The Balaban J connectivity index is 2.31. The molecule has 0 aliphatic rings. The van der Waals surface area contributed by atoms with E-state index in [1.54, 1.807) is 0 Å². The van der Waals surface area contributed by atoms with Crippen LogP contribution in [0.15, 0.2) is 30.5 Å². The van der Waals surface area contributed by atoms with Gasteiger partial charge in [-0.1, -0.05) is 32.0 Å². The summed E-state index contributed by atoms with van der Waals surface area (Å²) in [5.41, 5.74) is 1.30. The van der Waals surface area contributed by atoms with Crippen molar-refractivity contribution >= 4 is 10.8 Å². The summed E-state index contributed by atoms with van der Waals surface area (Å²) in [5, 5.41) is 5.82. The normalized spacial score (nSPS) is 12.1. The van der Waals surface area contributed by atoms with Crippen LogP contribution in [0, 0.1) is 5.92 Å². The molecule has 1 aromatic carbocycles. The zero-order valence-electron chi connectivity index (χ0n) is 13.7. The Hall–Kier alpha value is -1.61. The quantitative estimate of drug-likeness (QED) is 0.896. The third-order valence-electron chi connectivity index (χ3n) is 3.20. The number of ether oxygens (including phenoxy) is 1. The molecule has 0 spiro atoms. The largest absolute Gasteiger partial charge is 0.477 e. The molecule has 1 aromatic heterocycles. The first-order valence-electron chi connectivity index (χ1n) is 7.61. The van der Waals surface area contributed by atoms with Crippen LogP contribution in [-0.2, 0) is 6.54 Å². The first-order chi connectivity index (χ1) is 9.87. The lowest BCUT2D eigenvalue weighted by Crippen LogP contribution is -2.35. The summed E-state index contributed by atoms with van der Waals surface area (Å²) in [5.74, 6) is 1.23. The smallest absolute Gasteiger partial charge is 0.221 e. The van der Waals surface area contributed by atoms with E-state index in [0.29, 0.717) is 12.5 Å². The van der Waals surface area contributed by atoms with Crippen molar-refractivity contribution in [3.05, 3.63) is 36.0 Å². The van der Waals surface area contributed by atoms with Crippen LogP contribution in [0.4, 0.5) is 0 Å². The van der Waals surface area contributed by atoms with E-state index in [2.05, 4.69) is 63.1 Å². The maximum atomic E-state index is 5.85. The monoisotopic (exact) mass is 286 g/mol. The zero-order chi connectivity index (χ0) is 15.5. The molecule has 1 N–H and O–H groups in total. The topological polar surface area (TPSA) is 34.1 Å². The van der Waals surface area contributed by atoms with Crippen molar-refractivity contribution < 1.29 is 4.74 Å². The van der Waals surface area contributed by atoms with Crippen molar-refractivity contribution in [3.63, 3.8) is 0 Å². The fourth-order valence-electron chi connectivity index (χ4n) is 2.09. The van der Waals surface area contributed by atoms with Gasteiger partial charge in [0.25, 0.3) is 0 Å². The molecule has 0 fully saturated rings. The molecule has 0 aliphatic carbocycles. The van der Waals surface area contributed by atoms with Gasteiger partial charge in [-0.3, -0.25) is 0 Å². The zero-order valence-corrected chi connectivity index (χ0v) is 13.7. The summed E-state index contributed by atoms with van der Waals surface area (Å²) >= 11 is 0. The van der Waals surface area contributed by atoms with E-state index in [9.17, 15) is 0 Å².